The Labute approximate surface area is 180 Å². The molecule has 2 bridgehead atoms. The van der Waals surface area contributed by atoms with Gasteiger partial charge < -0.3 is 4.74 Å². The van der Waals surface area contributed by atoms with Crippen LogP contribution in [0.1, 0.15) is 37.7 Å². The lowest BCUT2D eigenvalue weighted by molar-refractivity contribution is -0.155. The highest BCUT2D eigenvalue weighted by Crippen LogP contribution is 2.64. The Morgan fingerprint density at radius 1 is 1.00 bits per heavy atom. The van der Waals surface area contributed by atoms with Crippen LogP contribution in [0.4, 0.5) is 0 Å². The molecule has 4 rings (SSSR count). The van der Waals surface area contributed by atoms with Crippen LogP contribution in [0.25, 0.3) is 0 Å². The Kier molecular flexibility index (Phi) is 6.54. The molecule has 0 radical (unpaired) electrons. The number of rotatable bonds is 5. The third kappa shape index (κ3) is 4.66. The first-order chi connectivity index (χ1) is 14.1. The highest BCUT2D eigenvalue weighted by Gasteiger charge is 2.55. The molecule has 2 amide bonds. The molecule has 1 saturated heterocycles. The monoisotopic (exact) mass is 433 g/mol. The number of imide groups is 1. The minimum absolute atomic E-state index is 0.120. The summed E-state index contributed by atoms with van der Waals surface area (Å²) in [7, 11) is 0. The zero-order valence-corrected chi connectivity index (χ0v) is 18.1. The number of benzene rings is 1. The second-order valence-corrected chi connectivity index (χ2v) is 11.2. The van der Waals surface area contributed by atoms with E-state index in [1.807, 2.05) is 30.3 Å². The van der Waals surface area contributed by atoms with Crippen LogP contribution in [0, 0.1) is 17.8 Å². The minimum atomic E-state index is -0.561. The van der Waals surface area contributed by atoms with Gasteiger partial charge in [-0.1, -0.05) is 36.8 Å². The predicted molar refractivity (Wildman–Crippen MR) is 115 cm³/mol. The van der Waals surface area contributed by atoms with Gasteiger partial charge in [0.15, 0.2) is 6.61 Å². The Hall–Kier alpha value is -1.47. The fourth-order valence-electron chi connectivity index (χ4n) is 5.07. The molecular weight excluding hydrogens is 406 g/mol. The fourth-order valence-corrected chi connectivity index (χ4v) is 9.01. The zero-order chi connectivity index (χ0) is 20.3. The summed E-state index contributed by atoms with van der Waals surface area (Å²) in [6.07, 6.45) is 5.49. The number of thioether (sulfide) groups is 2. The molecule has 1 aliphatic heterocycles. The third-order valence-electron chi connectivity index (χ3n) is 6.29. The van der Waals surface area contributed by atoms with Crippen LogP contribution in [0.3, 0.4) is 0 Å². The molecule has 1 aromatic rings. The first-order valence-electron chi connectivity index (χ1n) is 10.4. The standard InChI is InChI=1S/C22H27NO4S2/c24-19(11-15-5-2-1-3-6-15)23-20(25)14-27-21(26)16-12-17-7-4-8-18(13-16)22(17)28-9-10-29-22/h1-3,5-6,16-18H,4,7-14H2,(H,23,24,25)/t16?,17-,18+. The average molecular weight is 434 g/mol. The lowest BCUT2D eigenvalue weighted by atomic mass is 9.67. The molecule has 7 heteroatoms. The van der Waals surface area contributed by atoms with E-state index >= 15 is 0 Å². The summed E-state index contributed by atoms with van der Waals surface area (Å²) < 4.78 is 5.61. The van der Waals surface area contributed by atoms with Gasteiger partial charge in [0.1, 0.15) is 0 Å². The van der Waals surface area contributed by atoms with E-state index < -0.39 is 5.91 Å². The van der Waals surface area contributed by atoms with Crippen LogP contribution in [0.15, 0.2) is 30.3 Å². The van der Waals surface area contributed by atoms with E-state index in [2.05, 4.69) is 28.8 Å². The predicted octanol–water partition coefficient (Wildman–Crippen LogP) is 3.42. The van der Waals surface area contributed by atoms with Crippen molar-refractivity contribution < 1.29 is 19.1 Å². The van der Waals surface area contributed by atoms with Crippen LogP contribution in [0.5, 0.6) is 0 Å². The van der Waals surface area contributed by atoms with Crippen molar-refractivity contribution in [2.24, 2.45) is 17.8 Å². The molecule has 1 unspecified atom stereocenters. The first kappa shape index (κ1) is 20.8. The maximum Gasteiger partial charge on any atom is 0.309 e. The number of amides is 2. The number of hydrogen-bond acceptors (Lipinski definition) is 6. The summed E-state index contributed by atoms with van der Waals surface area (Å²) in [5, 5.41) is 2.30. The van der Waals surface area contributed by atoms with E-state index in [4.69, 9.17) is 4.74 Å². The summed E-state index contributed by atoms with van der Waals surface area (Å²) >= 11 is 4.21. The average Bonchev–Trinajstić information content (AvgIpc) is 3.16. The maximum absolute atomic E-state index is 12.6. The second-order valence-electron chi connectivity index (χ2n) is 8.15. The lowest BCUT2D eigenvalue weighted by Gasteiger charge is -2.51. The molecule has 3 aliphatic rings. The normalized spacial score (nSPS) is 27.4. The third-order valence-corrected chi connectivity index (χ3v) is 10.3. The van der Waals surface area contributed by atoms with Crippen molar-refractivity contribution in [2.75, 3.05) is 18.1 Å². The number of carbonyl (C=O) groups is 3. The van der Waals surface area contributed by atoms with Gasteiger partial charge in [0, 0.05) is 11.5 Å². The first-order valence-corrected chi connectivity index (χ1v) is 12.3. The van der Waals surface area contributed by atoms with Crippen LogP contribution >= 0.6 is 23.5 Å². The lowest BCUT2D eigenvalue weighted by Crippen LogP contribution is -2.48. The fraction of sp³-hybridized carbons (Fsp3) is 0.591. The van der Waals surface area contributed by atoms with Gasteiger partial charge >= 0.3 is 5.97 Å². The van der Waals surface area contributed by atoms with E-state index in [1.165, 1.54) is 30.8 Å². The van der Waals surface area contributed by atoms with Crippen molar-refractivity contribution >= 4 is 41.3 Å². The van der Waals surface area contributed by atoms with Gasteiger partial charge in [-0.3, -0.25) is 19.7 Å². The topological polar surface area (TPSA) is 72.5 Å². The van der Waals surface area contributed by atoms with E-state index in [0.717, 1.165) is 18.4 Å². The molecule has 2 saturated carbocycles. The Morgan fingerprint density at radius 2 is 1.66 bits per heavy atom. The summed E-state index contributed by atoms with van der Waals surface area (Å²) in [5.41, 5.74) is 0.833. The van der Waals surface area contributed by atoms with Crippen LogP contribution in [0.2, 0.25) is 0 Å². The Balaban J connectivity index is 1.25. The molecule has 156 valence electrons. The summed E-state index contributed by atoms with van der Waals surface area (Å²) in [6.45, 7) is -0.389. The van der Waals surface area contributed by atoms with Crippen molar-refractivity contribution in [3.8, 4) is 0 Å². The van der Waals surface area contributed by atoms with Crippen molar-refractivity contribution in [3.05, 3.63) is 35.9 Å². The molecule has 3 fully saturated rings. The molecular formula is C22H27NO4S2. The van der Waals surface area contributed by atoms with Crippen molar-refractivity contribution in [3.63, 3.8) is 0 Å². The summed E-state index contributed by atoms with van der Waals surface area (Å²) in [6, 6.07) is 9.23. The highest BCUT2D eigenvalue weighted by atomic mass is 32.2. The van der Waals surface area contributed by atoms with Gasteiger partial charge in [-0.2, -0.15) is 0 Å². The zero-order valence-electron chi connectivity index (χ0n) is 16.4. The molecule has 1 spiro atoms. The van der Waals surface area contributed by atoms with Gasteiger partial charge in [0.25, 0.3) is 5.91 Å². The van der Waals surface area contributed by atoms with E-state index in [9.17, 15) is 14.4 Å². The number of hydrogen-bond donors (Lipinski definition) is 1. The molecule has 1 heterocycles. The number of carbonyl (C=O) groups excluding carboxylic acids is 3. The maximum atomic E-state index is 12.6. The van der Waals surface area contributed by atoms with E-state index in [0.29, 0.717) is 15.9 Å². The molecule has 1 N–H and O–H groups in total. The van der Waals surface area contributed by atoms with Crippen LogP contribution < -0.4 is 5.32 Å². The summed E-state index contributed by atoms with van der Waals surface area (Å²) in [5.74, 6) is 2.20. The number of ether oxygens (including phenoxy) is 1. The highest BCUT2D eigenvalue weighted by molar-refractivity contribution is 8.21. The van der Waals surface area contributed by atoms with Crippen molar-refractivity contribution in [1.29, 1.82) is 0 Å². The SMILES string of the molecule is O=C(COC(=O)C1C[C@H]2CCC[C@@H](C1)C21SCCS1)NC(=O)Cc1ccccc1. The van der Waals surface area contributed by atoms with Gasteiger partial charge in [-0.05, 0) is 43.1 Å². The quantitative estimate of drug-likeness (QED) is 0.718. The van der Waals surface area contributed by atoms with Crippen LogP contribution in [-0.4, -0.2) is 40.0 Å². The van der Waals surface area contributed by atoms with E-state index in [1.54, 1.807) is 0 Å². The molecule has 29 heavy (non-hydrogen) atoms. The number of esters is 1. The Bertz CT molecular complexity index is 747. The molecule has 2 aliphatic carbocycles. The molecule has 5 nitrogen and oxygen atoms in total. The smallest absolute Gasteiger partial charge is 0.309 e. The molecule has 0 aromatic heterocycles. The number of nitrogens with one attached hydrogen (secondary N) is 1. The molecule has 3 atom stereocenters. The molecule has 1 aromatic carbocycles. The van der Waals surface area contributed by atoms with Gasteiger partial charge in [-0.25, -0.2) is 0 Å². The van der Waals surface area contributed by atoms with Gasteiger partial charge in [0.05, 0.1) is 16.4 Å². The van der Waals surface area contributed by atoms with Crippen molar-refractivity contribution in [2.45, 2.75) is 42.6 Å². The Morgan fingerprint density at radius 3 is 2.31 bits per heavy atom. The van der Waals surface area contributed by atoms with Gasteiger partial charge in [-0.15, -0.1) is 23.5 Å². The van der Waals surface area contributed by atoms with E-state index in [-0.39, 0.29) is 30.8 Å². The van der Waals surface area contributed by atoms with Crippen LogP contribution in [-0.2, 0) is 25.5 Å². The van der Waals surface area contributed by atoms with Gasteiger partial charge in [0.2, 0.25) is 5.91 Å². The minimum Gasteiger partial charge on any atom is -0.455 e. The summed E-state index contributed by atoms with van der Waals surface area (Å²) in [4.78, 5) is 36.6. The van der Waals surface area contributed by atoms with Crippen molar-refractivity contribution in [1.82, 2.24) is 5.32 Å². The second kappa shape index (κ2) is 9.13. The largest absolute Gasteiger partial charge is 0.455 e.